The van der Waals surface area contributed by atoms with Gasteiger partial charge in [0.2, 0.25) is 0 Å². The lowest BCUT2D eigenvalue weighted by atomic mass is 10.0. The molecule has 1 saturated carbocycles. The Hall–Kier alpha value is -1.63. The average molecular weight is 283 g/mol. The van der Waals surface area contributed by atoms with E-state index in [0.29, 0.717) is 19.4 Å². The molecule has 0 spiro atoms. The van der Waals surface area contributed by atoms with E-state index in [0.717, 1.165) is 18.5 Å². The first-order valence-corrected chi connectivity index (χ1v) is 7.25. The number of nitrogens with zero attached hydrogens (tertiary/aromatic N) is 1. The van der Waals surface area contributed by atoms with Gasteiger partial charge >= 0.3 is 12.0 Å². The normalized spacial score (nSPS) is 22.1. The van der Waals surface area contributed by atoms with Gasteiger partial charge in [0.25, 0.3) is 0 Å². The molecule has 0 radical (unpaired) electrons. The van der Waals surface area contributed by atoms with Crippen molar-refractivity contribution in [3.63, 3.8) is 0 Å². The molecule has 0 saturated heterocycles. The minimum absolute atomic E-state index is 0.253. The van der Waals surface area contributed by atoms with Crippen LogP contribution in [0.4, 0.5) is 4.79 Å². The van der Waals surface area contributed by atoms with Gasteiger partial charge in [-0.15, -0.1) is 11.3 Å². The van der Waals surface area contributed by atoms with Crippen molar-refractivity contribution in [3.05, 3.63) is 16.6 Å². The molecule has 0 bridgehead atoms. The molecule has 7 heteroatoms. The van der Waals surface area contributed by atoms with Crippen LogP contribution in [0, 0.1) is 5.92 Å². The van der Waals surface area contributed by atoms with Gasteiger partial charge in [-0.05, 0) is 12.8 Å². The molecule has 1 aromatic heterocycles. The topological polar surface area (TPSA) is 91.3 Å². The summed E-state index contributed by atoms with van der Waals surface area (Å²) in [6.07, 6.45) is 2.90. The van der Waals surface area contributed by atoms with Crippen molar-refractivity contribution >= 4 is 23.3 Å². The van der Waals surface area contributed by atoms with Crippen molar-refractivity contribution in [2.45, 2.75) is 31.7 Å². The van der Waals surface area contributed by atoms with Crippen LogP contribution in [0.25, 0.3) is 0 Å². The van der Waals surface area contributed by atoms with E-state index in [2.05, 4.69) is 15.6 Å². The summed E-state index contributed by atoms with van der Waals surface area (Å²) in [5.74, 6) is -1.28. The van der Waals surface area contributed by atoms with Crippen molar-refractivity contribution in [3.8, 4) is 0 Å². The lowest BCUT2D eigenvalue weighted by molar-refractivity contribution is -0.142. The molecule has 2 rings (SSSR count). The Morgan fingerprint density at radius 2 is 2.32 bits per heavy atom. The van der Waals surface area contributed by atoms with Crippen molar-refractivity contribution < 1.29 is 14.7 Å². The summed E-state index contributed by atoms with van der Waals surface area (Å²) in [5.41, 5.74) is 2.71. The van der Waals surface area contributed by atoms with Gasteiger partial charge in [0.15, 0.2) is 0 Å². The Morgan fingerprint density at radius 3 is 3.00 bits per heavy atom. The fourth-order valence-electron chi connectivity index (χ4n) is 2.31. The summed E-state index contributed by atoms with van der Waals surface area (Å²) < 4.78 is 0. The number of aliphatic carboxylic acids is 1. The Balaban J connectivity index is 1.70. The largest absolute Gasteiger partial charge is 0.481 e. The maximum atomic E-state index is 11.7. The first kappa shape index (κ1) is 13.8. The Kier molecular flexibility index (Phi) is 4.73. The zero-order valence-electron chi connectivity index (χ0n) is 10.5. The fraction of sp³-hybridized carbons (Fsp3) is 0.583. The molecule has 6 nitrogen and oxygen atoms in total. The van der Waals surface area contributed by atoms with E-state index < -0.39 is 11.9 Å². The summed E-state index contributed by atoms with van der Waals surface area (Å²) in [5, 5.41) is 16.4. The van der Waals surface area contributed by atoms with Gasteiger partial charge < -0.3 is 15.7 Å². The second-order valence-corrected chi connectivity index (χ2v) is 5.33. The average Bonchev–Trinajstić information content (AvgIpc) is 2.99. The van der Waals surface area contributed by atoms with E-state index in [9.17, 15) is 9.59 Å². The Bertz CT molecular complexity index is 435. The van der Waals surface area contributed by atoms with Gasteiger partial charge in [0.1, 0.15) is 0 Å². The molecule has 2 unspecified atom stereocenters. The van der Waals surface area contributed by atoms with Crippen LogP contribution >= 0.6 is 11.3 Å². The number of nitrogens with one attached hydrogen (secondary N) is 2. The predicted molar refractivity (Wildman–Crippen MR) is 71.1 cm³/mol. The van der Waals surface area contributed by atoms with E-state index in [1.807, 2.05) is 5.38 Å². The maximum Gasteiger partial charge on any atom is 0.315 e. The second kappa shape index (κ2) is 6.51. The SMILES string of the molecule is O=C(NCCc1cscn1)NC1CCCC1C(=O)O. The number of amides is 2. The number of thiazole rings is 1. The minimum Gasteiger partial charge on any atom is -0.481 e. The van der Waals surface area contributed by atoms with Gasteiger partial charge in [-0.1, -0.05) is 6.42 Å². The molecule has 1 aliphatic carbocycles. The van der Waals surface area contributed by atoms with E-state index in [1.54, 1.807) is 5.51 Å². The summed E-state index contributed by atoms with van der Waals surface area (Å²) in [6.45, 7) is 0.500. The highest BCUT2D eigenvalue weighted by molar-refractivity contribution is 7.07. The summed E-state index contributed by atoms with van der Waals surface area (Å²) in [7, 11) is 0. The van der Waals surface area contributed by atoms with Crippen LogP contribution in [0.2, 0.25) is 0 Å². The van der Waals surface area contributed by atoms with Gasteiger partial charge in [0.05, 0.1) is 17.1 Å². The number of urea groups is 1. The fourth-order valence-corrected chi connectivity index (χ4v) is 2.91. The molecule has 1 aliphatic rings. The number of hydrogen-bond acceptors (Lipinski definition) is 4. The zero-order chi connectivity index (χ0) is 13.7. The molecule has 0 aliphatic heterocycles. The van der Waals surface area contributed by atoms with Crippen molar-refractivity contribution in [1.82, 2.24) is 15.6 Å². The molecule has 1 fully saturated rings. The molecule has 1 aromatic rings. The number of carbonyl (C=O) groups is 2. The highest BCUT2D eigenvalue weighted by Gasteiger charge is 2.33. The van der Waals surface area contributed by atoms with Crippen LogP contribution in [0.3, 0.4) is 0 Å². The highest BCUT2D eigenvalue weighted by atomic mass is 32.1. The van der Waals surface area contributed by atoms with Crippen LogP contribution < -0.4 is 10.6 Å². The molecule has 3 N–H and O–H groups in total. The molecule has 19 heavy (non-hydrogen) atoms. The molecule has 1 heterocycles. The van der Waals surface area contributed by atoms with E-state index >= 15 is 0 Å². The molecule has 0 aromatic carbocycles. The third-order valence-electron chi connectivity index (χ3n) is 3.30. The van der Waals surface area contributed by atoms with Gasteiger partial charge in [-0.2, -0.15) is 0 Å². The minimum atomic E-state index is -0.828. The van der Waals surface area contributed by atoms with Crippen LogP contribution in [0.15, 0.2) is 10.9 Å². The van der Waals surface area contributed by atoms with Gasteiger partial charge in [-0.3, -0.25) is 4.79 Å². The van der Waals surface area contributed by atoms with Crippen LogP contribution in [-0.4, -0.2) is 34.7 Å². The Morgan fingerprint density at radius 1 is 1.47 bits per heavy atom. The predicted octanol–water partition coefficient (Wildman–Crippen LogP) is 1.24. The van der Waals surface area contributed by atoms with Crippen LogP contribution in [0.1, 0.15) is 25.0 Å². The highest BCUT2D eigenvalue weighted by Crippen LogP contribution is 2.25. The van der Waals surface area contributed by atoms with E-state index in [1.165, 1.54) is 11.3 Å². The number of aromatic nitrogens is 1. The van der Waals surface area contributed by atoms with Crippen molar-refractivity contribution in [1.29, 1.82) is 0 Å². The number of carbonyl (C=O) groups excluding carboxylic acids is 1. The molecular weight excluding hydrogens is 266 g/mol. The van der Waals surface area contributed by atoms with Gasteiger partial charge in [-0.25, -0.2) is 9.78 Å². The first-order chi connectivity index (χ1) is 9.16. The first-order valence-electron chi connectivity index (χ1n) is 6.31. The van der Waals surface area contributed by atoms with Crippen molar-refractivity contribution in [2.24, 2.45) is 5.92 Å². The van der Waals surface area contributed by atoms with Crippen molar-refractivity contribution in [2.75, 3.05) is 6.54 Å². The number of carboxylic acid groups (broad SMARTS) is 1. The molecule has 104 valence electrons. The molecule has 2 atom stereocenters. The number of carboxylic acids is 1. The molecular formula is C12H17N3O3S. The number of rotatable bonds is 5. The summed E-state index contributed by atoms with van der Waals surface area (Å²) in [6, 6.07) is -0.551. The lowest BCUT2D eigenvalue weighted by Crippen LogP contribution is -2.45. The zero-order valence-corrected chi connectivity index (χ0v) is 11.3. The smallest absolute Gasteiger partial charge is 0.315 e. The monoisotopic (exact) mass is 283 g/mol. The number of hydrogen-bond donors (Lipinski definition) is 3. The standard InChI is InChI=1S/C12H17N3O3S/c16-11(17)9-2-1-3-10(9)15-12(18)13-5-4-8-6-19-7-14-8/h6-7,9-10H,1-5H2,(H,16,17)(H2,13,15,18). The van der Waals surface area contributed by atoms with E-state index in [4.69, 9.17) is 5.11 Å². The van der Waals surface area contributed by atoms with Gasteiger partial charge in [0, 0.05) is 24.4 Å². The maximum absolute atomic E-state index is 11.7. The van der Waals surface area contributed by atoms with Crippen LogP contribution in [-0.2, 0) is 11.2 Å². The summed E-state index contributed by atoms with van der Waals surface area (Å²) >= 11 is 1.52. The lowest BCUT2D eigenvalue weighted by Gasteiger charge is -2.17. The van der Waals surface area contributed by atoms with Crippen LogP contribution in [0.5, 0.6) is 0 Å². The third-order valence-corrected chi connectivity index (χ3v) is 3.94. The summed E-state index contributed by atoms with van der Waals surface area (Å²) in [4.78, 5) is 26.8. The quantitative estimate of drug-likeness (QED) is 0.758. The molecule has 2 amide bonds. The van der Waals surface area contributed by atoms with E-state index in [-0.39, 0.29) is 12.1 Å². The third kappa shape index (κ3) is 3.92. The Labute approximate surface area is 115 Å². The second-order valence-electron chi connectivity index (χ2n) is 4.61.